The van der Waals surface area contributed by atoms with Crippen molar-refractivity contribution in [1.29, 1.82) is 0 Å². The van der Waals surface area contributed by atoms with Crippen LogP contribution in [0.3, 0.4) is 0 Å². The van der Waals surface area contributed by atoms with Gasteiger partial charge in [0.1, 0.15) is 17.3 Å². The number of hydrogen-bond donors (Lipinski definition) is 0. The molecular formula is C20H19NO4. The molecule has 0 fully saturated rings. The molecule has 0 amide bonds. The Kier molecular flexibility index (Phi) is 5.14. The number of carbonyl (C=O) groups is 1. The largest absolute Gasteiger partial charge is 0.463 e. The van der Waals surface area contributed by atoms with Gasteiger partial charge in [0, 0.05) is 11.6 Å². The van der Waals surface area contributed by atoms with E-state index in [1.807, 2.05) is 43.3 Å². The summed E-state index contributed by atoms with van der Waals surface area (Å²) in [4.78, 5) is 15.9. The molecule has 3 rings (SSSR count). The van der Waals surface area contributed by atoms with Crippen LogP contribution in [0.2, 0.25) is 0 Å². The summed E-state index contributed by atoms with van der Waals surface area (Å²) in [6.45, 7) is 4.00. The fraction of sp³-hybridized carbons (Fsp3) is 0.200. The molecule has 0 unspecified atom stereocenters. The number of benzene rings is 1. The van der Waals surface area contributed by atoms with Crippen LogP contribution in [0, 0.1) is 6.92 Å². The second-order valence-electron chi connectivity index (χ2n) is 5.45. The quantitative estimate of drug-likeness (QED) is 0.492. The van der Waals surface area contributed by atoms with Gasteiger partial charge in [-0.15, -0.1) is 0 Å². The Hall–Kier alpha value is -3.08. The van der Waals surface area contributed by atoms with Crippen LogP contribution in [0.25, 0.3) is 17.5 Å². The van der Waals surface area contributed by atoms with Crippen molar-refractivity contribution in [2.45, 2.75) is 20.3 Å². The lowest BCUT2D eigenvalue weighted by atomic mass is 10.2. The fourth-order valence-electron chi connectivity index (χ4n) is 2.38. The Bertz CT molecular complexity index is 874. The van der Waals surface area contributed by atoms with E-state index in [4.69, 9.17) is 13.6 Å². The molecule has 2 heterocycles. The molecular weight excluding hydrogens is 318 g/mol. The first kappa shape index (κ1) is 16.8. The first-order valence-electron chi connectivity index (χ1n) is 8.11. The number of oxazole rings is 1. The van der Waals surface area contributed by atoms with E-state index in [0.29, 0.717) is 24.7 Å². The maximum absolute atomic E-state index is 11.3. The number of rotatable bonds is 6. The predicted molar refractivity (Wildman–Crippen MR) is 93.9 cm³/mol. The molecule has 0 spiro atoms. The number of nitrogens with zero attached hydrogens (tertiary/aromatic N) is 1. The lowest BCUT2D eigenvalue weighted by molar-refractivity contribution is -0.137. The molecule has 0 atom stereocenters. The molecule has 0 saturated heterocycles. The number of furan rings is 1. The van der Waals surface area contributed by atoms with E-state index in [-0.39, 0.29) is 5.97 Å². The van der Waals surface area contributed by atoms with E-state index >= 15 is 0 Å². The third-order valence-corrected chi connectivity index (χ3v) is 3.61. The summed E-state index contributed by atoms with van der Waals surface area (Å²) in [5, 5.41) is 0. The molecule has 5 nitrogen and oxygen atoms in total. The van der Waals surface area contributed by atoms with Crippen molar-refractivity contribution in [3.63, 3.8) is 0 Å². The highest BCUT2D eigenvalue weighted by Crippen LogP contribution is 2.23. The van der Waals surface area contributed by atoms with E-state index in [0.717, 1.165) is 22.8 Å². The zero-order valence-corrected chi connectivity index (χ0v) is 14.2. The maximum atomic E-state index is 11.3. The van der Waals surface area contributed by atoms with E-state index in [9.17, 15) is 4.79 Å². The average molecular weight is 337 g/mol. The fourth-order valence-corrected chi connectivity index (χ4v) is 2.38. The summed E-state index contributed by atoms with van der Waals surface area (Å²) in [6, 6.07) is 13.4. The average Bonchev–Trinajstić information content (AvgIpc) is 3.21. The van der Waals surface area contributed by atoms with Gasteiger partial charge in [-0.05, 0) is 44.2 Å². The zero-order chi connectivity index (χ0) is 17.6. The number of hydrogen-bond acceptors (Lipinski definition) is 5. The van der Waals surface area contributed by atoms with Crippen LogP contribution < -0.4 is 0 Å². The monoisotopic (exact) mass is 337 g/mol. The van der Waals surface area contributed by atoms with Crippen LogP contribution in [0.4, 0.5) is 0 Å². The Morgan fingerprint density at radius 1 is 1.16 bits per heavy atom. The van der Waals surface area contributed by atoms with Crippen LogP contribution in [0.1, 0.15) is 29.9 Å². The number of aromatic nitrogens is 1. The van der Waals surface area contributed by atoms with Gasteiger partial charge in [-0.3, -0.25) is 0 Å². The molecule has 0 aliphatic heterocycles. The molecule has 0 bridgehead atoms. The standard InChI is InChI=1S/C20H19NO4/c1-3-23-19(22)12-11-16-9-10-17(25-16)13-18-14(2)24-20(21-18)15-7-5-4-6-8-15/h4-12H,3,13H2,1-2H3. The van der Waals surface area contributed by atoms with Gasteiger partial charge in [-0.25, -0.2) is 9.78 Å². The van der Waals surface area contributed by atoms with Crippen molar-refractivity contribution in [2.24, 2.45) is 0 Å². The molecule has 0 N–H and O–H groups in total. The molecule has 1 aromatic carbocycles. The summed E-state index contributed by atoms with van der Waals surface area (Å²) in [6.07, 6.45) is 3.46. The van der Waals surface area contributed by atoms with Crippen LogP contribution in [-0.4, -0.2) is 17.6 Å². The van der Waals surface area contributed by atoms with Crippen LogP contribution in [0.15, 0.2) is 57.4 Å². The summed E-state index contributed by atoms with van der Waals surface area (Å²) >= 11 is 0. The summed E-state index contributed by atoms with van der Waals surface area (Å²) in [5.74, 6) is 2.31. The molecule has 128 valence electrons. The Morgan fingerprint density at radius 3 is 2.72 bits per heavy atom. The first-order chi connectivity index (χ1) is 12.2. The number of carbonyl (C=O) groups excluding carboxylic acids is 1. The summed E-state index contributed by atoms with van der Waals surface area (Å²) in [5.41, 5.74) is 1.77. The highest BCUT2D eigenvalue weighted by Gasteiger charge is 2.13. The van der Waals surface area contributed by atoms with Crippen LogP contribution in [-0.2, 0) is 16.0 Å². The van der Waals surface area contributed by atoms with Gasteiger partial charge < -0.3 is 13.6 Å². The third-order valence-electron chi connectivity index (χ3n) is 3.61. The number of aryl methyl sites for hydroxylation is 1. The minimum Gasteiger partial charge on any atom is -0.463 e. The molecule has 2 aromatic heterocycles. The van der Waals surface area contributed by atoms with Crippen molar-refractivity contribution in [1.82, 2.24) is 4.98 Å². The van der Waals surface area contributed by atoms with E-state index in [2.05, 4.69) is 4.98 Å². The summed E-state index contributed by atoms with van der Waals surface area (Å²) in [7, 11) is 0. The Balaban J connectivity index is 1.71. The Morgan fingerprint density at radius 2 is 1.96 bits per heavy atom. The van der Waals surface area contributed by atoms with Crippen molar-refractivity contribution in [3.8, 4) is 11.5 Å². The highest BCUT2D eigenvalue weighted by molar-refractivity contribution is 5.86. The molecule has 0 aliphatic carbocycles. The lowest BCUT2D eigenvalue weighted by Crippen LogP contribution is -1.98. The maximum Gasteiger partial charge on any atom is 0.330 e. The van der Waals surface area contributed by atoms with Crippen molar-refractivity contribution in [2.75, 3.05) is 6.61 Å². The summed E-state index contributed by atoms with van der Waals surface area (Å²) < 4.78 is 16.3. The second-order valence-corrected chi connectivity index (χ2v) is 5.45. The first-order valence-corrected chi connectivity index (χ1v) is 8.11. The van der Waals surface area contributed by atoms with Gasteiger partial charge in [0.05, 0.1) is 18.7 Å². The van der Waals surface area contributed by atoms with E-state index < -0.39 is 0 Å². The Labute approximate surface area is 145 Å². The lowest BCUT2D eigenvalue weighted by Gasteiger charge is -1.94. The highest BCUT2D eigenvalue weighted by atomic mass is 16.5. The number of ether oxygens (including phenoxy) is 1. The minimum absolute atomic E-state index is 0.349. The van der Waals surface area contributed by atoms with Gasteiger partial charge >= 0.3 is 5.97 Å². The minimum atomic E-state index is -0.389. The normalized spacial score (nSPS) is 11.1. The van der Waals surface area contributed by atoms with Crippen LogP contribution >= 0.6 is 0 Å². The van der Waals surface area contributed by atoms with Gasteiger partial charge in [0.2, 0.25) is 5.89 Å². The molecule has 5 heteroatoms. The SMILES string of the molecule is CCOC(=O)C=Cc1ccc(Cc2nc(-c3ccccc3)oc2C)o1. The van der Waals surface area contributed by atoms with Crippen LogP contribution in [0.5, 0.6) is 0 Å². The van der Waals surface area contributed by atoms with Gasteiger partial charge in [-0.1, -0.05) is 18.2 Å². The topological polar surface area (TPSA) is 65.5 Å². The van der Waals surface area contributed by atoms with Gasteiger partial charge in [-0.2, -0.15) is 0 Å². The molecule has 0 radical (unpaired) electrons. The smallest absolute Gasteiger partial charge is 0.330 e. The van der Waals surface area contributed by atoms with Crippen molar-refractivity contribution >= 4 is 12.0 Å². The van der Waals surface area contributed by atoms with Crippen molar-refractivity contribution < 1.29 is 18.4 Å². The molecule has 25 heavy (non-hydrogen) atoms. The van der Waals surface area contributed by atoms with Gasteiger partial charge in [0.25, 0.3) is 0 Å². The third kappa shape index (κ3) is 4.26. The van der Waals surface area contributed by atoms with E-state index in [1.54, 1.807) is 19.1 Å². The molecule has 0 saturated carbocycles. The zero-order valence-electron chi connectivity index (χ0n) is 14.2. The van der Waals surface area contributed by atoms with Crippen molar-refractivity contribution in [3.05, 3.63) is 71.5 Å². The number of esters is 1. The van der Waals surface area contributed by atoms with Gasteiger partial charge in [0.15, 0.2) is 0 Å². The molecule has 3 aromatic rings. The second kappa shape index (κ2) is 7.66. The van der Waals surface area contributed by atoms with E-state index in [1.165, 1.54) is 6.08 Å². The predicted octanol–water partition coefficient (Wildman–Crippen LogP) is 4.41. The molecule has 0 aliphatic rings.